The fourth-order valence-corrected chi connectivity index (χ4v) is 6.99. The van der Waals surface area contributed by atoms with E-state index in [2.05, 4.69) is 25.3 Å². The van der Waals surface area contributed by atoms with Crippen LogP contribution >= 0.6 is 46.5 Å². The maximum absolute atomic E-state index is 12.9. The summed E-state index contributed by atoms with van der Waals surface area (Å²) in [6.45, 7) is 1.59. The molecule has 12 nitrogen and oxygen atoms in total. The summed E-state index contributed by atoms with van der Waals surface area (Å²) in [6, 6.07) is 2.90. The highest BCUT2D eigenvalue weighted by Gasteiger charge is 2.54. The maximum atomic E-state index is 12.9. The van der Waals surface area contributed by atoms with Crippen LogP contribution in [0.5, 0.6) is 0 Å². The number of carboxylic acid groups (broad SMARTS) is 1. The molecule has 1 fully saturated rings. The Hall–Kier alpha value is -3.11. The molecule has 0 aliphatic carbocycles. The first-order valence-electron chi connectivity index (χ1n) is 11.4. The first-order valence-corrected chi connectivity index (χ1v) is 14.7. The number of halogens is 1. The summed E-state index contributed by atoms with van der Waals surface area (Å²) >= 11 is 9.77. The van der Waals surface area contributed by atoms with Gasteiger partial charge in [0.1, 0.15) is 27.1 Å². The van der Waals surface area contributed by atoms with Gasteiger partial charge >= 0.3 is 5.97 Å². The summed E-state index contributed by atoms with van der Waals surface area (Å²) < 4.78 is 0.0505. The highest BCUT2D eigenvalue weighted by molar-refractivity contribution is 8.02. The molecule has 0 bridgehead atoms. The Labute approximate surface area is 241 Å². The van der Waals surface area contributed by atoms with E-state index in [1.807, 2.05) is 30.8 Å². The van der Waals surface area contributed by atoms with Gasteiger partial charge in [-0.3, -0.25) is 19.5 Å². The van der Waals surface area contributed by atoms with Crippen LogP contribution < -0.4 is 11.1 Å². The number of aromatic nitrogens is 2. The number of fused-ring (bicyclic) bond motifs is 1. The number of nitrogens with one attached hydrogen (secondary N) is 1. The molecule has 0 spiro atoms. The highest BCUT2D eigenvalue weighted by atomic mass is 35.5. The summed E-state index contributed by atoms with van der Waals surface area (Å²) in [4.78, 5) is 49.0. The van der Waals surface area contributed by atoms with Crippen LogP contribution in [0.1, 0.15) is 11.3 Å². The molecule has 2 amide bonds. The lowest BCUT2D eigenvalue weighted by Crippen LogP contribution is -2.71. The molecular weight excluding hydrogens is 586 g/mol. The highest BCUT2D eigenvalue weighted by Crippen LogP contribution is 2.41. The van der Waals surface area contributed by atoms with Crippen LogP contribution in [0, 0.1) is 0 Å². The number of hydrogen-bond acceptors (Lipinski definition) is 12. The summed E-state index contributed by atoms with van der Waals surface area (Å²) in [5, 5.41) is 25.9. The van der Waals surface area contributed by atoms with Gasteiger partial charge in [0.25, 0.3) is 11.8 Å². The SMILES string of the molecule is CN(CCSC=CC1=C(C(=O)O)N2C(=O)[C@@H](NC(=O)/C(=N\O)c3nc(N)sc3Cl)[C@H]2SC1)Cc1cccnc1. The summed E-state index contributed by atoms with van der Waals surface area (Å²) in [5.74, 6) is -1.59. The number of hydrogen-bond donors (Lipinski definition) is 4. The summed E-state index contributed by atoms with van der Waals surface area (Å²) in [6.07, 6.45) is 5.28. The van der Waals surface area contributed by atoms with Gasteiger partial charge in [0.05, 0.1) is 0 Å². The molecule has 4 rings (SSSR count). The number of nitrogens with two attached hydrogens (primary N) is 1. The van der Waals surface area contributed by atoms with Crippen LogP contribution in [0.15, 0.2) is 52.4 Å². The van der Waals surface area contributed by atoms with Gasteiger partial charge in [0.15, 0.2) is 10.8 Å². The van der Waals surface area contributed by atoms with Gasteiger partial charge in [-0.25, -0.2) is 9.78 Å². The first kappa shape index (κ1) is 28.9. The molecule has 39 heavy (non-hydrogen) atoms. The fourth-order valence-electron chi connectivity index (χ4n) is 3.93. The maximum Gasteiger partial charge on any atom is 0.352 e. The molecular formula is C23H24ClN7O5S3. The molecule has 5 N–H and O–H groups in total. The third-order valence-corrected chi connectivity index (χ3v) is 8.89. The Bertz CT molecular complexity index is 1350. The molecule has 0 unspecified atom stereocenters. The van der Waals surface area contributed by atoms with E-state index in [0.717, 1.165) is 40.6 Å². The number of carbonyl (C=O) groups is 3. The number of amides is 2. The van der Waals surface area contributed by atoms with E-state index >= 15 is 0 Å². The largest absolute Gasteiger partial charge is 0.477 e. The van der Waals surface area contributed by atoms with Gasteiger partial charge in [-0.15, -0.1) is 23.5 Å². The Kier molecular flexibility index (Phi) is 9.50. The monoisotopic (exact) mass is 609 g/mol. The average molecular weight is 610 g/mol. The van der Waals surface area contributed by atoms with Gasteiger partial charge in [0.2, 0.25) is 0 Å². The molecule has 2 aromatic heterocycles. The summed E-state index contributed by atoms with van der Waals surface area (Å²) in [7, 11) is 2.02. The van der Waals surface area contributed by atoms with Gasteiger partial charge in [-0.05, 0) is 35.7 Å². The van der Waals surface area contributed by atoms with E-state index < -0.39 is 34.9 Å². The number of thiazole rings is 1. The molecule has 0 aromatic carbocycles. The third kappa shape index (κ3) is 6.55. The van der Waals surface area contributed by atoms with Crippen molar-refractivity contribution in [1.82, 2.24) is 25.1 Å². The zero-order valence-electron chi connectivity index (χ0n) is 20.5. The Morgan fingerprint density at radius 3 is 2.90 bits per heavy atom. The number of thioether (sulfide) groups is 2. The van der Waals surface area contributed by atoms with E-state index in [4.69, 9.17) is 17.3 Å². The minimum absolute atomic E-state index is 0.0505. The molecule has 1 saturated heterocycles. The van der Waals surface area contributed by atoms with Crippen LogP contribution in [-0.2, 0) is 20.9 Å². The second kappa shape index (κ2) is 12.8. The topological polar surface area (TPSA) is 174 Å². The average Bonchev–Trinajstić information content (AvgIpc) is 3.24. The zero-order chi connectivity index (χ0) is 28.1. The van der Waals surface area contributed by atoms with E-state index in [9.17, 15) is 24.7 Å². The molecule has 2 atom stereocenters. The smallest absolute Gasteiger partial charge is 0.352 e. The predicted octanol–water partition coefficient (Wildman–Crippen LogP) is 2.07. The normalized spacial score (nSPS) is 19.4. The van der Waals surface area contributed by atoms with Gasteiger partial charge < -0.3 is 26.3 Å². The molecule has 206 valence electrons. The Balaban J connectivity index is 1.35. The van der Waals surface area contributed by atoms with Crippen molar-refractivity contribution >= 4 is 75.1 Å². The number of pyridine rings is 1. The van der Waals surface area contributed by atoms with Crippen LogP contribution in [-0.4, -0.2) is 90.1 Å². The third-order valence-electron chi connectivity index (χ3n) is 5.76. The number of anilines is 1. The van der Waals surface area contributed by atoms with Gasteiger partial charge in [0, 0.05) is 37.0 Å². The first-order chi connectivity index (χ1) is 18.7. The molecule has 4 heterocycles. The van der Waals surface area contributed by atoms with Crippen LogP contribution in [0.2, 0.25) is 4.34 Å². The standard InChI is InChI=1S/C23H24ClN7O5S3/c1-30(10-12-3-2-5-26-9-12)6-8-37-7-4-13-11-38-21-16(20(33)31(21)17(13)22(34)35)27-19(32)15(29-36)14-18(24)39-23(25)28-14/h2-5,7,9,16,21,36H,6,8,10-11H2,1H3,(H2,25,28)(H,27,32)(H,34,35)/b7-4?,29-15-/t16-,21-/m1/s1. The molecule has 16 heteroatoms. The number of rotatable bonds is 11. The number of β-lactam (4-membered cyclic amide) rings is 1. The van der Waals surface area contributed by atoms with E-state index in [0.29, 0.717) is 11.3 Å². The van der Waals surface area contributed by atoms with Crippen molar-refractivity contribution in [2.45, 2.75) is 18.0 Å². The van der Waals surface area contributed by atoms with Crippen LogP contribution in [0.25, 0.3) is 0 Å². The van der Waals surface area contributed by atoms with E-state index in [-0.39, 0.29) is 20.9 Å². The zero-order valence-corrected chi connectivity index (χ0v) is 23.7. The number of aliphatic carboxylic acids is 1. The van der Waals surface area contributed by atoms with Crippen molar-refractivity contribution in [1.29, 1.82) is 0 Å². The van der Waals surface area contributed by atoms with Gasteiger partial charge in [-0.2, -0.15) is 0 Å². The summed E-state index contributed by atoms with van der Waals surface area (Å²) in [5.41, 5.74) is 6.48. The van der Waals surface area contributed by atoms with Crippen molar-refractivity contribution in [3.05, 3.63) is 62.9 Å². The van der Waals surface area contributed by atoms with Crippen molar-refractivity contribution in [2.24, 2.45) is 5.16 Å². The number of nitrogens with zero attached hydrogens (tertiary/aromatic N) is 5. The number of nitrogen functional groups attached to an aromatic ring is 1. The van der Waals surface area contributed by atoms with E-state index in [1.54, 1.807) is 12.3 Å². The van der Waals surface area contributed by atoms with Crippen LogP contribution in [0.4, 0.5) is 5.13 Å². The lowest BCUT2D eigenvalue weighted by Gasteiger charge is -2.49. The second-order valence-corrected chi connectivity index (χ2v) is 12.2. The number of carboxylic acids is 1. The quantitative estimate of drug-likeness (QED) is 0.0965. The van der Waals surface area contributed by atoms with Crippen molar-refractivity contribution in [2.75, 3.05) is 30.8 Å². The molecule has 2 aliphatic heterocycles. The van der Waals surface area contributed by atoms with Crippen LogP contribution in [0.3, 0.4) is 0 Å². The lowest BCUT2D eigenvalue weighted by molar-refractivity contribution is -0.150. The minimum atomic E-state index is -1.23. The number of allylic oxidation sites excluding steroid dienone is 1. The van der Waals surface area contributed by atoms with E-state index in [1.165, 1.54) is 23.5 Å². The molecule has 0 saturated carbocycles. The van der Waals surface area contributed by atoms with Gasteiger partial charge in [-0.1, -0.05) is 34.2 Å². The molecule has 0 radical (unpaired) electrons. The lowest BCUT2D eigenvalue weighted by atomic mass is 10.0. The second-order valence-electron chi connectivity index (χ2n) is 8.44. The Morgan fingerprint density at radius 2 is 2.26 bits per heavy atom. The Morgan fingerprint density at radius 1 is 1.46 bits per heavy atom. The fraction of sp³-hybridized carbons (Fsp3) is 0.304. The number of oxime groups is 1. The number of carbonyl (C=O) groups excluding carboxylic acids is 2. The van der Waals surface area contributed by atoms with Crippen molar-refractivity contribution in [3.8, 4) is 0 Å². The predicted molar refractivity (Wildman–Crippen MR) is 152 cm³/mol. The molecule has 2 aromatic rings. The minimum Gasteiger partial charge on any atom is -0.477 e. The van der Waals surface area contributed by atoms with Crippen molar-refractivity contribution in [3.63, 3.8) is 0 Å². The van der Waals surface area contributed by atoms with Crippen molar-refractivity contribution < 1.29 is 24.7 Å². The molecule has 2 aliphatic rings.